The number of nitrogens with two attached hydrogens (primary N) is 1. The first-order chi connectivity index (χ1) is 9.28. The third-order valence-corrected chi connectivity index (χ3v) is 3.84. The van der Waals surface area contributed by atoms with Crippen molar-refractivity contribution >= 4 is 16.7 Å². The van der Waals surface area contributed by atoms with Crippen LogP contribution in [0, 0.1) is 0 Å². The van der Waals surface area contributed by atoms with Gasteiger partial charge >= 0.3 is 0 Å². The molecule has 4 nitrogen and oxygen atoms in total. The molecule has 0 unspecified atom stereocenters. The van der Waals surface area contributed by atoms with E-state index in [1.165, 1.54) is 5.39 Å². The van der Waals surface area contributed by atoms with Crippen LogP contribution in [-0.4, -0.2) is 43.1 Å². The first kappa shape index (κ1) is 12.4. The second-order valence-corrected chi connectivity index (χ2v) is 5.15. The molecule has 4 heteroatoms. The molecule has 2 heterocycles. The van der Waals surface area contributed by atoms with Crippen LogP contribution in [0.4, 0.5) is 5.82 Å². The van der Waals surface area contributed by atoms with Crippen molar-refractivity contribution in [2.75, 3.05) is 38.1 Å². The highest BCUT2D eigenvalue weighted by molar-refractivity contribution is 5.83. The Bertz CT molecular complexity index is 573. The summed E-state index contributed by atoms with van der Waals surface area (Å²) >= 11 is 0. The molecule has 1 aromatic heterocycles. The van der Waals surface area contributed by atoms with Gasteiger partial charge in [-0.15, -0.1) is 0 Å². The number of aromatic nitrogens is 1. The molecular formula is C15H20N4. The van der Waals surface area contributed by atoms with E-state index in [1.807, 2.05) is 6.07 Å². The molecule has 19 heavy (non-hydrogen) atoms. The molecule has 1 fully saturated rings. The number of piperazine rings is 1. The summed E-state index contributed by atoms with van der Waals surface area (Å²) in [5.74, 6) is 1.07. The van der Waals surface area contributed by atoms with Gasteiger partial charge in [0.25, 0.3) is 0 Å². The number of fused-ring (bicyclic) bond motifs is 1. The summed E-state index contributed by atoms with van der Waals surface area (Å²) in [4.78, 5) is 9.53. The molecule has 0 spiro atoms. The number of hydrogen-bond donors (Lipinski definition) is 1. The third kappa shape index (κ3) is 2.41. The van der Waals surface area contributed by atoms with Crippen molar-refractivity contribution in [1.82, 2.24) is 9.88 Å². The molecule has 1 saturated heterocycles. The molecule has 100 valence electrons. The lowest BCUT2D eigenvalue weighted by Crippen LogP contribution is -2.44. The zero-order valence-corrected chi connectivity index (χ0v) is 11.3. The molecular weight excluding hydrogens is 236 g/mol. The van der Waals surface area contributed by atoms with Gasteiger partial charge in [-0.25, -0.2) is 4.98 Å². The minimum atomic E-state index is 0.538. The zero-order chi connectivity index (χ0) is 13.2. The van der Waals surface area contributed by atoms with Crippen molar-refractivity contribution in [3.63, 3.8) is 0 Å². The Morgan fingerprint density at radius 3 is 2.63 bits per heavy atom. The van der Waals surface area contributed by atoms with Gasteiger partial charge in [-0.05, 0) is 24.7 Å². The highest BCUT2D eigenvalue weighted by atomic mass is 15.3. The topological polar surface area (TPSA) is 45.4 Å². The summed E-state index contributed by atoms with van der Waals surface area (Å²) in [7, 11) is 2.16. The van der Waals surface area contributed by atoms with Crippen LogP contribution in [0.2, 0.25) is 0 Å². The number of anilines is 1. The molecule has 0 aliphatic carbocycles. The van der Waals surface area contributed by atoms with E-state index in [0.717, 1.165) is 43.1 Å². The molecule has 1 aliphatic heterocycles. The zero-order valence-electron chi connectivity index (χ0n) is 11.3. The number of benzene rings is 1. The molecule has 1 aromatic carbocycles. The smallest absolute Gasteiger partial charge is 0.129 e. The van der Waals surface area contributed by atoms with Crippen molar-refractivity contribution < 1.29 is 0 Å². The summed E-state index contributed by atoms with van der Waals surface area (Å²) in [5, 5.41) is 1.17. The van der Waals surface area contributed by atoms with Crippen LogP contribution in [0.5, 0.6) is 0 Å². The van der Waals surface area contributed by atoms with E-state index in [2.05, 4.69) is 41.1 Å². The highest BCUT2D eigenvalue weighted by Crippen LogP contribution is 2.21. The van der Waals surface area contributed by atoms with Crippen molar-refractivity contribution in [2.45, 2.75) is 6.54 Å². The Hall–Kier alpha value is -1.65. The van der Waals surface area contributed by atoms with Gasteiger partial charge in [-0.3, -0.25) is 0 Å². The minimum Gasteiger partial charge on any atom is -0.354 e. The third-order valence-electron chi connectivity index (χ3n) is 3.84. The van der Waals surface area contributed by atoms with Gasteiger partial charge in [0.15, 0.2) is 0 Å². The summed E-state index contributed by atoms with van der Waals surface area (Å²) in [5.41, 5.74) is 7.96. The predicted octanol–water partition coefficient (Wildman–Crippen LogP) is 1.45. The summed E-state index contributed by atoms with van der Waals surface area (Å²) in [6.45, 7) is 4.81. The normalized spacial score (nSPS) is 17.1. The van der Waals surface area contributed by atoms with E-state index in [4.69, 9.17) is 10.7 Å². The first-order valence-electron chi connectivity index (χ1n) is 6.80. The molecule has 2 aromatic rings. The van der Waals surface area contributed by atoms with Crippen LogP contribution in [0.1, 0.15) is 5.56 Å². The van der Waals surface area contributed by atoms with E-state index in [0.29, 0.717) is 6.54 Å². The summed E-state index contributed by atoms with van der Waals surface area (Å²) in [6, 6.07) is 10.5. The molecule has 0 bridgehead atoms. The fraction of sp³-hybridized carbons (Fsp3) is 0.400. The Balaban J connectivity index is 1.96. The maximum absolute atomic E-state index is 5.80. The van der Waals surface area contributed by atoms with Crippen molar-refractivity contribution in [2.24, 2.45) is 5.73 Å². The molecule has 0 atom stereocenters. The van der Waals surface area contributed by atoms with Gasteiger partial charge in [0.1, 0.15) is 5.82 Å². The fourth-order valence-corrected chi connectivity index (χ4v) is 2.57. The lowest BCUT2D eigenvalue weighted by Gasteiger charge is -2.33. The van der Waals surface area contributed by atoms with Crippen LogP contribution in [0.3, 0.4) is 0 Å². The summed E-state index contributed by atoms with van der Waals surface area (Å²) in [6.07, 6.45) is 0. The number of nitrogens with zero attached hydrogens (tertiary/aromatic N) is 3. The molecule has 0 amide bonds. The molecule has 0 radical (unpaired) electrons. The Labute approximate surface area is 113 Å². The minimum absolute atomic E-state index is 0.538. The predicted molar refractivity (Wildman–Crippen MR) is 79.3 cm³/mol. The van der Waals surface area contributed by atoms with Gasteiger partial charge in [0.2, 0.25) is 0 Å². The van der Waals surface area contributed by atoms with E-state index < -0.39 is 0 Å². The van der Waals surface area contributed by atoms with Gasteiger partial charge in [0.05, 0.1) is 5.52 Å². The quantitative estimate of drug-likeness (QED) is 0.883. The van der Waals surface area contributed by atoms with Crippen LogP contribution >= 0.6 is 0 Å². The van der Waals surface area contributed by atoms with Crippen LogP contribution in [0.15, 0.2) is 30.3 Å². The largest absolute Gasteiger partial charge is 0.354 e. The maximum Gasteiger partial charge on any atom is 0.129 e. The Morgan fingerprint density at radius 1 is 1.11 bits per heavy atom. The van der Waals surface area contributed by atoms with Crippen molar-refractivity contribution in [3.05, 3.63) is 35.9 Å². The lowest BCUT2D eigenvalue weighted by atomic mass is 10.1. The second-order valence-electron chi connectivity index (χ2n) is 5.15. The van der Waals surface area contributed by atoms with Gasteiger partial charge in [0, 0.05) is 38.1 Å². The number of likely N-dealkylation sites (N-methyl/N-ethyl adjacent to an activating group) is 1. The number of rotatable bonds is 2. The number of hydrogen-bond acceptors (Lipinski definition) is 4. The van der Waals surface area contributed by atoms with Crippen molar-refractivity contribution in [1.29, 1.82) is 0 Å². The first-order valence-corrected chi connectivity index (χ1v) is 6.80. The van der Waals surface area contributed by atoms with E-state index in [1.54, 1.807) is 0 Å². The van der Waals surface area contributed by atoms with E-state index >= 15 is 0 Å². The molecule has 3 rings (SSSR count). The lowest BCUT2D eigenvalue weighted by molar-refractivity contribution is 0.312. The highest BCUT2D eigenvalue weighted by Gasteiger charge is 2.15. The molecule has 2 N–H and O–H groups in total. The van der Waals surface area contributed by atoms with Crippen LogP contribution in [0.25, 0.3) is 10.9 Å². The standard InChI is InChI=1S/C15H20N4/c1-18-7-9-19(10-8-18)14-6-5-12-3-2-4-13(11-16)15(12)17-14/h2-6H,7-11,16H2,1H3. The molecule has 1 aliphatic rings. The van der Waals surface area contributed by atoms with E-state index in [-0.39, 0.29) is 0 Å². The monoisotopic (exact) mass is 256 g/mol. The van der Waals surface area contributed by atoms with Gasteiger partial charge in [-0.1, -0.05) is 18.2 Å². The summed E-state index contributed by atoms with van der Waals surface area (Å²) < 4.78 is 0. The second kappa shape index (κ2) is 5.15. The Kier molecular flexibility index (Phi) is 3.36. The number of para-hydroxylation sites is 1. The average Bonchev–Trinajstić information content (AvgIpc) is 2.47. The van der Waals surface area contributed by atoms with E-state index in [9.17, 15) is 0 Å². The van der Waals surface area contributed by atoms with Crippen molar-refractivity contribution in [3.8, 4) is 0 Å². The SMILES string of the molecule is CN1CCN(c2ccc3cccc(CN)c3n2)CC1. The van der Waals surface area contributed by atoms with Crippen LogP contribution < -0.4 is 10.6 Å². The Morgan fingerprint density at radius 2 is 1.89 bits per heavy atom. The van der Waals surface area contributed by atoms with Gasteiger partial charge < -0.3 is 15.5 Å². The fourth-order valence-electron chi connectivity index (χ4n) is 2.57. The van der Waals surface area contributed by atoms with Gasteiger partial charge in [-0.2, -0.15) is 0 Å². The molecule has 0 saturated carbocycles. The number of pyridine rings is 1. The average molecular weight is 256 g/mol. The van der Waals surface area contributed by atoms with Crippen LogP contribution in [-0.2, 0) is 6.54 Å². The maximum atomic E-state index is 5.80.